The molecule has 1 aliphatic rings. The van der Waals surface area contributed by atoms with Gasteiger partial charge in [0.25, 0.3) is 5.95 Å². The van der Waals surface area contributed by atoms with Crippen LogP contribution >= 0.6 is 11.8 Å². The predicted octanol–water partition coefficient (Wildman–Crippen LogP) is 2.17. The van der Waals surface area contributed by atoms with Crippen LogP contribution in [0.15, 0.2) is 24.3 Å². The molecule has 114 valence electrons. The summed E-state index contributed by atoms with van der Waals surface area (Å²) in [4.78, 5) is 29.2. The molecular weight excluding hydrogens is 300 g/mol. The number of anilines is 1. The van der Waals surface area contributed by atoms with Crippen molar-refractivity contribution in [1.29, 1.82) is 0 Å². The number of nitrogens with one attached hydrogen (secondary N) is 1. The van der Waals surface area contributed by atoms with Gasteiger partial charge in [-0.1, -0.05) is 41.6 Å². The zero-order valence-electron chi connectivity index (χ0n) is 12.4. The maximum absolute atomic E-state index is 12.1. The fourth-order valence-electron chi connectivity index (χ4n) is 2.40. The molecule has 6 nitrogen and oxygen atoms in total. The molecule has 1 aliphatic heterocycles. The molecule has 22 heavy (non-hydrogen) atoms. The Kier molecular flexibility index (Phi) is 3.98. The van der Waals surface area contributed by atoms with E-state index in [0.717, 1.165) is 5.56 Å². The number of hydrogen-bond acceptors (Lipinski definition) is 5. The van der Waals surface area contributed by atoms with Crippen LogP contribution in [0.3, 0.4) is 0 Å². The highest BCUT2D eigenvalue weighted by Crippen LogP contribution is 2.27. The summed E-state index contributed by atoms with van der Waals surface area (Å²) in [6.07, 6.45) is 0.346. The molecule has 1 aromatic carbocycles. The molecule has 1 unspecified atom stereocenters. The van der Waals surface area contributed by atoms with E-state index in [4.69, 9.17) is 0 Å². The first-order valence-electron chi connectivity index (χ1n) is 7.00. The average Bonchev–Trinajstić information content (AvgIpc) is 3.06. The van der Waals surface area contributed by atoms with Crippen LogP contribution in [0.25, 0.3) is 11.4 Å². The lowest BCUT2D eigenvalue weighted by Gasteiger charge is -2.10. The number of aromatic amines is 1. The van der Waals surface area contributed by atoms with Crippen molar-refractivity contribution < 1.29 is 9.59 Å². The molecule has 2 heterocycles. The lowest BCUT2D eigenvalue weighted by molar-refractivity contribution is -0.117. The first kappa shape index (κ1) is 14.8. The zero-order chi connectivity index (χ0) is 15.7. The van der Waals surface area contributed by atoms with Crippen LogP contribution in [-0.2, 0) is 9.59 Å². The van der Waals surface area contributed by atoms with Gasteiger partial charge < -0.3 is 0 Å². The minimum absolute atomic E-state index is 0.0219. The largest absolute Gasteiger partial charge is 0.288 e. The number of aromatic nitrogens is 3. The maximum Gasteiger partial charge on any atom is 0.251 e. The molecule has 1 N–H and O–H groups in total. The molecule has 0 saturated carbocycles. The third-order valence-corrected chi connectivity index (χ3v) is 4.44. The Bertz CT molecular complexity index is 711. The number of H-pyrrole nitrogens is 1. The van der Waals surface area contributed by atoms with Crippen molar-refractivity contribution in [2.45, 2.75) is 25.5 Å². The van der Waals surface area contributed by atoms with Crippen molar-refractivity contribution >= 4 is 28.7 Å². The fourth-order valence-corrected chi connectivity index (χ4v) is 3.31. The summed E-state index contributed by atoms with van der Waals surface area (Å²) in [5.41, 5.74) is 2.09. The molecule has 0 radical (unpaired) electrons. The summed E-state index contributed by atoms with van der Waals surface area (Å²) >= 11 is 1.20. The Morgan fingerprint density at radius 2 is 2.09 bits per heavy atom. The van der Waals surface area contributed by atoms with Gasteiger partial charge in [-0.05, 0) is 6.92 Å². The van der Waals surface area contributed by atoms with E-state index in [0.29, 0.717) is 24.7 Å². The summed E-state index contributed by atoms with van der Waals surface area (Å²) in [5.74, 6) is 0.950. The van der Waals surface area contributed by atoms with Crippen molar-refractivity contribution in [3.05, 3.63) is 29.8 Å². The molecule has 1 saturated heterocycles. The summed E-state index contributed by atoms with van der Waals surface area (Å²) in [5, 5.41) is 7.00. The van der Waals surface area contributed by atoms with Crippen LogP contribution in [0.2, 0.25) is 0 Å². The first-order valence-corrected chi connectivity index (χ1v) is 7.88. The number of benzene rings is 1. The number of thioether (sulfide) groups is 1. The molecule has 0 bridgehead atoms. The normalized spacial score (nSPS) is 18.0. The summed E-state index contributed by atoms with van der Waals surface area (Å²) in [7, 11) is 0. The molecule has 1 amide bonds. The number of rotatable bonds is 3. The molecule has 0 aliphatic carbocycles. The SMILES string of the molecule is CC(=O)SC1CC(=O)N(c2n[nH]c(-c3ccc(C)cc3)n2)C1. The van der Waals surface area contributed by atoms with E-state index in [9.17, 15) is 9.59 Å². The van der Waals surface area contributed by atoms with Gasteiger partial charge in [-0.15, -0.1) is 5.10 Å². The highest BCUT2D eigenvalue weighted by Gasteiger charge is 2.34. The van der Waals surface area contributed by atoms with Gasteiger partial charge in [0.15, 0.2) is 10.9 Å². The highest BCUT2D eigenvalue weighted by atomic mass is 32.2. The second-order valence-corrected chi connectivity index (χ2v) is 6.77. The van der Waals surface area contributed by atoms with Crippen LogP contribution in [0.4, 0.5) is 5.95 Å². The van der Waals surface area contributed by atoms with Crippen molar-refractivity contribution in [2.75, 3.05) is 11.4 Å². The van der Waals surface area contributed by atoms with Gasteiger partial charge in [-0.25, -0.2) is 0 Å². The molecule has 1 aromatic heterocycles. The Balaban J connectivity index is 1.77. The second kappa shape index (κ2) is 5.92. The molecule has 3 rings (SSSR count). The average molecular weight is 316 g/mol. The van der Waals surface area contributed by atoms with Crippen LogP contribution < -0.4 is 4.90 Å². The molecule has 7 heteroatoms. The van der Waals surface area contributed by atoms with Gasteiger partial charge in [0, 0.05) is 30.7 Å². The molecular formula is C15H16N4O2S. The maximum atomic E-state index is 12.1. The Morgan fingerprint density at radius 3 is 2.77 bits per heavy atom. The third-order valence-electron chi connectivity index (χ3n) is 3.46. The van der Waals surface area contributed by atoms with Gasteiger partial charge in [-0.3, -0.25) is 19.6 Å². The number of aryl methyl sites for hydroxylation is 1. The molecule has 0 spiro atoms. The monoisotopic (exact) mass is 316 g/mol. The van der Waals surface area contributed by atoms with Crippen molar-refractivity contribution in [1.82, 2.24) is 15.2 Å². The van der Waals surface area contributed by atoms with Crippen molar-refractivity contribution in [3.8, 4) is 11.4 Å². The van der Waals surface area contributed by atoms with Gasteiger partial charge >= 0.3 is 0 Å². The van der Waals surface area contributed by atoms with E-state index in [1.807, 2.05) is 31.2 Å². The standard InChI is InChI=1S/C15H16N4O2S/c1-9-3-5-11(6-4-9)14-16-15(18-17-14)19-8-12(7-13(19)21)22-10(2)20/h3-6,12H,7-8H2,1-2H3,(H,16,17,18). The molecule has 1 atom stereocenters. The van der Waals surface area contributed by atoms with E-state index in [2.05, 4.69) is 15.2 Å². The summed E-state index contributed by atoms with van der Waals surface area (Å²) < 4.78 is 0. The van der Waals surface area contributed by atoms with E-state index in [-0.39, 0.29) is 16.3 Å². The Hall–Kier alpha value is -2.15. The van der Waals surface area contributed by atoms with E-state index >= 15 is 0 Å². The molecule has 1 fully saturated rings. The number of hydrogen-bond donors (Lipinski definition) is 1. The van der Waals surface area contributed by atoms with E-state index in [1.165, 1.54) is 29.1 Å². The lowest BCUT2D eigenvalue weighted by atomic mass is 10.1. The minimum Gasteiger partial charge on any atom is -0.288 e. The Labute approximate surface area is 132 Å². The van der Waals surface area contributed by atoms with Gasteiger partial charge in [0.05, 0.1) is 0 Å². The second-order valence-electron chi connectivity index (χ2n) is 5.29. The number of amides is 1. The van der Waals surface area contributed by atoms with Gasteiger partial charge in [-0.2, -0.15) is 4.98 Å². The van der Waals surface area contributed by atoms with Gasteiger partial charge in [0.1, 0.15) is 0 Å². The first-order chi connectivity index (χ1) is 10.5. The lowest BCUT2D eigenvalue weighted by Crippen LogP contribution is -2.26. The highest BCUT2D eigenvalue weighted by molar-refractivity contribution is 8.14. The zero-order valence-corrected chi connectivity index (χ0v) is 13.2. The smallest absolute Gasteiger partial charge is 0.251 e. The van der Waals surface area contributed by atoms with Crippen LogP contribution in [-0.4, -0.2) is 38.0 Å². The quantitative estimate of drug-likeness (QED) is 0.939. The van der Waals surface area contributed by atoms with Crippen LogP contribution in [0.1, 0.15) is 18.9 Å². The molecule has 2 aromatic rings. The number of carbonyl (C=O) groups is 2. The fraction of sp³-hybridized carbons (Fsp3) is 0.333. The predicted molar refractivity (Wildman–Crippen MR) is 85.6 cm³/mol. The van der Waals surface area contributed by atoms with Crippen molar-refractivity contribution in [3.63, 3.8) is 0 Å². The Morgan fingerprint density at radius 1 is 1.36 bits per heavy atom. The van der Waals surface area contributed by atoms with E-state index in [1.54, 1.807) is 0 Å². The van der Waals surface area contributed by atoms with Crippen LogP contribution in [0, 0.1) is 6.92 Å². The third kappa shape index (κ3) is 3.04. The summed E-state index contributed by atoms with van der Waals surface area (Å²) in [6, 6.07) is 7.91. The summed E-state index contributed by atoms with van der Waals surface area (Å²) in [6.45, 7) is 4.00. The van der Waals surface area contributed by atoms with Gasteiger partial charge in [0.2, 0.25) is 5.91 Å². The minimum atomic E-state index is -0.0480. The van der Waals surface area contributed by atoms with Crippen molar-refractivity contribution in [2.24, 2.45) is 0 Å². The number of carbonyl (C=O) groups excluding carboxylic acids is 2. The van der Waals surface area contributed by atoms with Crippen LogP contribution in [0.5, 0.6) is 0 Å². The number of nitrogens with zero attached hydrogens (tertiary/aromatic N) is 3. The van der Waals surface area contributed by atoms with E-state index < -0.39 is 0 Å². The topological polar surface area (TPSA) is 79.0 Å².